The van der Waals surface area contributed by atoms with Gasteiger partial charge in [0, 0.05) is 0 Å². The molecule has 0 atom stereocenters. The van der Waals surface area contributed by atoms with Gasteiger partial charge in [-0.2, -0.15) is 0 Å². The monoisotopic (exact) mass is 265 g/mol. The molecule has 8 N–H and O–H groups in total. The Kier molecular flexibility index (Phi) is 4.30. The van der Waals surface area contributed by atoms with Gasteiger partial charge in [0.05, 0.1) is 30.0 Å². The van der Waals surface area contributed by atoms with Gasteiger partial charge in [0.15, 0.2) is 0 Å². The molecule has 3 amide bonds. The summed E-state index contributed by atoms with van der Waals surface area (Å²) in [5, 5.41) is 0. The summed E-state index contributed by atoms with van der Waals surface area (Å²) in [7, 11) is 0. The van der Waals surface area contributed by atoms with Crippen LogP contribution in [-0.2, 0) is 9.59 Å². The van der Waals surface area contributed by atoms with Crippen molar-refractivity contribution in [2.24, 2.45) is 17.2 Å². The Balaban J connectivity index is 3.31. The number of nitrogen functional groups attached to an aromatic ring is 1. The molecule has 0 aromatic heterocycles. The summed E-state index contributed by atoms with van der Waals surface area (Å²) in [6.45, 7) is -0.616. The number of nitrogens with two attached hydrogens (primary N) is 4. The van der Waals surface area contributed by atoms with E-state index in [1.807, 2.05) is 0 Å². The minimum atomic E-state index is -0.735. The van der Waals surface area contributed by atoms with E-state index in [2.05, 4.69) is 0 Å². The van der Waals surface area contributed by atoms with Crippen LogP contribution in [0.4, 0.5) is 11.4 Å². The molecule has 0 saturated heterocycles. The molecule has 0 fully saturated rings. The lowest BCUT2D eigenvalue weighted by molar-refractivity contribution is -0.117. The lowest BCUT2D eigenvalue weighted by Crippen LogP contribution is -2.41. The second-order valence-corrected chi connectivity index (χ2v) is 3.90. The maximum absolute atomic E-state index is 11.4. The quantitative estimate of drug-likeness (QED) is 0.443. The lowest BCUT2D eigenvalue weighted by Gasteiger charge is -2.25. The molecule has 0 heterocycles. The van der Waals surface area contributed by atoms with Crippen molar-refractivity contribution in [3.63, 3.8) is 0 Å². The second-order valence-electron chi connectivity index (χ2n) is 3.90. The van der Waals surface area contributed by atoms with E-state index in [0.717, 1.165) is 0 Å². The molecule has 1 rings (SSSR count). The van der Waals surface area contributed by atoms with Crippen LogP contribution in [0, 0.1) is 0 Å². The molecule has 1 aromatic carbocycles. The van der Waals surface area contributed by atoms with Crippen molar-refractivity contribution in [2.75, 3.05) is 23.7 Å². The first-order valence-electron chi connectivity index (χ1n) is 5.32. The first-order chi connectivity index (χ1) is 8.82. The van der Waals surface area contributed by atoms with Crippen LogP contribution in [0.3, 0.4) is 0 Å². The van der Waals surface area contributed by atoms with E-state index in [1.54, 1.807) is 0 Å². The number of rotatable bonds is 6. The summed E-state index contributed by atoms with van der Waals surface area (Å²) in [5.41, 5.74) is 21.6. The van der Waals surface area contributed by atoms with Crippen LogP contribution >= 0.6 is 0 Å². The molecule has 0 aliphatic rings. The third kappa shape index (κ3) is 3.60. The number of para-hydroxylation sites is 1. The fourth-order valence-corrected chi connectivity index (χ4v) is 1.70. The number of carbonyl (C=O) groups excluding carboxylic acids is 3. The van der Waals surface area contributed by atoms with Gasteiger partial charge in [0.25, 0.3) is 5.91 Å². The van der Waals surface area contributed by atoms with Crippen LogP contribution < -0.4 is 27.8 Å². The molecule has 0 aliphatic carbocycles. The Bertz CT molecular complexity index is 513. The van der Waals surface area contributed by atoms with Gasteiger partial charge in [-0.1, -0.05) is 6.07 Å². The van der Waals surface area contributed by atoms with Crippen molar-refractivity contribution in [1.29, 1.82) is 0 Å². The van der Waals surface area contributed by atoms with Crippen LogP contribution in [0.2, 0.25) is 0 Å². The molecule has 0 aliphatic heterocycles. The Labute approximate surface area is 109 Å². The summed E-state index contributed by atoms with van der Waals surface area (Å²) >= 11 is 0. The maximum Gasteiger partial charge on any atom is 0.250 e. The molecule has 1 aromatic rings. The van der Waals surface area contributed by atoms with Gasteiger partial charge in [0.2, 0.25) is 11.8 Å². The summed E-state index contributed by atoms with van der Waals surface area (Å²) in [6.07, 6.45) is 0. The molecule has 0 spiro atoms. The van der Waals surface area contributed by atoms with Gasteiger partial charge in [-0.05, 0) is 12.1 Å². The van der Waals surface area contributed by atoms with Crippen molar-refractivity contribution < 1.29 is 14.4 Å². The van der Waals surface area contributed by atoms with Crippen molar-refractivity contribution in [2.45, 2.75) is 0 Å². The van der Waals surface area contributed by atoms with Crippen molar-refractivity contribution >= 4 is 29.1 Å². The number of hydrogen-bond donors (Lipinski definition) is 4. The molecule has 8 heteroatoms. The Morgan fingerprint density at radius 1 is 1.00 bits per heavy atom. The second kappa shape index (κ2) is 5.71. The number of nitrogens with zero attached hydrogens (tertiary/aromatic N) is 1. The largest absolute Gasteiger partial charge is 0.397 e. The SMILES string of the molecule is NC(=O)CN(CC(N)=O)c1c(N)cccc1C(N)=O. The zero-order chi connectivity index (χ0) is 14.6. The normalized spacial score (nSPS) is 9.89. The Hall–Kier alpha value is -2.77. The first-order valence-corrected chi connectivity index (χ1v) is 5.32. The highest BCUT2D eigenvalue weighted by molar-refractivity contribution is 6.03. The van der Waals surface area contributed by atoms with Crippen LogP contribution in [0.15, 0.2) is 18.2 Å². The molecule has 19 heavy (non-hydrogen) atoms. The van der Waals surface area contributed by atoms with E-state index in [-0.39, 0.29) is 30.0 Å². The fourth-order valence-electron chi connectivity index (χ4n) is 1.70. The zero-order valence-corrected chi connectivity index (χ0v) is 10.1. The van der Waals surface area contributed by atoms with E-state index < -0.39 is 17.7 Å². The number of benzene rings is 1. The number of primary amides is 3. The average molecular weight is 265 g/mol. The maximum atomic E-state index is 11.4. The topological polar surface area (TPSA) is 159 Å². The van der Waals surface area contributed by atoms with E-state index in [1.165, 1.54) is 23.1 Å². The number of anilines is 2. The lowest BCUT2D eigenvalue weighted by atomic mass is 10.1. The molecular formula is C11H15N5O3. The van der Waals surface area contributed by atoms with Gasteiger partial charge in [-0.25, -0.2) is 0 Å². The standard InChI is InChI=1S/C11H15N5O3/c12-7-3-1-2-6(11(15)19)10(7)16(4-8(13)17)5-9(14)18/h1-3H,4-5,12H2,(H2,13,17)(H2,14,18)(H2,15,19). The molecule has 0 unspecified atom stereocenters. The number of carbonyl (C=O) groups is 3. The Morgan fingerprint density at radius 3 is 1.95 bits per heavy atom. The van der Waals surface area contributed by atoms with Crippen LogP contribution in [0.5, 0.6) is 0 Å². The summed E-state index contributed by atoms with van der Waals surface area (Å²) in [6, 6.07) is 4.48. The Morgan fingerprint density at radius 2 is 1.53 bits per heavy atom. The van der Waals surface area contributed by atoms with E-state index in [0.29, 0.717) is 0 Å². The van der Waals surface area contributed by atoms with Crippen LogP contribution in [0.25, 0.3) is 0 Å². The minimum absolute atomic E-state index is 0.0856. The number of hydrogen-bond acceptors (Lipinski definition) is 5. The van der Waals surface area contributed by atoms with Gasteiger partial charge in [-0.3, -0.25) is 14.4 Å². The average Bonchev–Trinajstić information content (AvgIpc) is 2.26. The van der Waals surface area contributed by atoms with Crippen LogP contribution in [0.1, 0.15) is 10.4 Å². The van der Waals surface area contributed by atoms with Crippen molar-refractivity contribution in [1.82, 2.24) is 0 Å². The summed E-state index contributed by atoms with van der Waals surface area (Å²) in [5.74, 6) is -2.12. The first kappa shape index (κ1) is 14.3. The number of amides is 3. The highest BCUT2D eigenvalue weighted by Gasteiger charge is 2.20. The minimum Gasteiger partial charge on any atom is -0.397 e. The van der Waals surface area contributed by atoms with E-state index in [9.17, 15) is 14.4 Å². The molecular weight excluding hydrogens is 250 g/mol. The molecule has 0 bridgehead atoms. The van der Waals surface area contributed by atoms with Crippen LogP contribution in [-0.4, -0.2) is 30.8 Å². The van der Waals surface area contributed by atoms with Crippen molar-refractivity contribution in [3.8, 4) is 0 Å². The molecule has 0 saturated carbocycles. The van der Waals surface area contributed by atoms with Gasteiger partial charge in [-0.15, -0.1) is 0 Å². The summed E-state index contributed by atoms with van der Waals surface area (Å²) in [4.78, 5) is 34.6. The molecule has 0 radical (unpaired) electrons. The molecule has 8 nitrogen and oxygen atoms in total. The highest BCUT2D eigenvalue weighted by Crippen LogP contribution is 2.27. The molecule has 102 valence electrons. The third-order valence-electron chi connectivity index (χ3n) is 2.34. The fraction of sp³-hybridized carbons (Fsp3) is 0.182. The van der Waals surface area contributed by atoms with Gasteiger partial charge >= 0.3 is 0 Å². The smallest absolute Gasteiger partial charge is 0.250 e. The highest BCUT2D eigenvalue weighted by atomic mass is 16.2. The van der Waals surface area contributed by atoms with Gasteiger partial charge < -0.3 is 27.8 Å². The third-order valence-corrected chi connectivity index (χ3v) is 2.34. The van der Waals surface area contributed by atoms with Gasteiger partial charge in [0.1, 0.15) is 0 Å². The predicted octanol–water partition coefficient (Wildman–Crippen LogP) is -1.86. The summed E-state index contributed by atoms with van der Waals surface area (Å²) < 4.78 is 0. The zero-order valence-electron chi connectivity index (χ0n) is 10.1. The van der Waals surface area contributed by atoms with E-state index in [4.69, 9.17) is 22.9 Å². The van der Waals surface area contributed by atoms with Crippen molar-refractivity contribution in [3.05, 3.63) is 23.8 Å². The predicted molar refractivity (Wildman–Crippen MR) is 70.0 cm³/mol. The van der Waals surface area contributed by atoms with E-state index >= 15 is 0 Å².